The van der Waals surface area contributed by atoms with Gasteiger partial charge in [0.15, 0.2) is 0 Å². The lowest BCUT2D eigenvalue weighted by Gasteiger charge is -1.77. The van der Waals surface area contributed by atoms with Gasteiger partial charge in [0, 0.05) is 6.42 Å². The van der Waals surface area contributed by atoms with Gasteiger partial charge in [0.25, 0.3) is 0 Å². The van der Waals surface area contributed by atoms with Crippen LogP contribution in [-0.4, -0.2) is 6.29 Å². The smallest absolute Gasteiger partial charge is 0.142 e. The van der Waals surface area contributed by atoms with Crippen LogP contribution in [0.25, 0.3) is 0 Å². The van der Waals surface area contributed by atoms with Crippen LogP contribution in [0.1, 0.15) is 12.8 Å². The number of aldehydes is 1. The molecule has 0 atom stereocenters. The lowest BCUT2D eigenvalue weighted by Crippen LogP contribution is -1.65. The Balaban J connectivity index is 3.31. The zero-order valence-electron chi connectivity index (χ0n) is 5.63. The van der Waals surface area contributed by atoms with E-state index < -0.39 is 0 Å². The van der Waals surface area contributed by atoms with Crippen molar-refractivity contribution in [1.29, 1.82) is 0 Å². The van der Waals surface area contributed by atoms with Crippen molar-refractivity contribution in [3.05, 3.63) is 12.2 Å². The minimum absolute atomic E-state index is 0.717. The number of hydrogen-bond acceptors (Lipinski definition) is 1. The third-order valence-corrected chi connectivity index (χ3v) is 0.811. The predicted molar refractivity (Wildman–Crippen MR) is 41.0 cm³/mol. The highest BCUT2D eigenvalue weighted by atomic mass is 16.1. The lowest BCUT2D eigenvalue weighted by atomic mass is 10.3. The molecule has 10 heavy (non-hydrogen) atoms. The first kappa shape index (κ1) is 8.53. The van der Waals surface area contributed by atoms with E-state index in [4.69, 9.17) is 6.42 Å². The van der Waals surface area contributed by atoms with Crippen molar-refractivity contribution in [3.8, 4) is 24.2 Å². The highest BCUT2D eigenvalue weighted by Gasteiger charge is 1.72. The van der Waals surface area contributed by atoms with Crippen molar-refractivity contribution in [3.63, 3.8) is 0 Å². The summed E-state index contributed by atoms with van der Waals surface area (Å²) < 4.78 is 0. The van der Waals surface area contributed by atoms with Gasteiger partial charge in [-0.25, -0.2) is 0 Å². The summed E-state index contributed by atoms with van der Waals surface area (Å²) in [5, 5.41) is 0. The van der Waals surface area contributed by atoms with Crippen LogP contribution in [0, 0.1) is 24.2 Å². The second-order valence-corrected chi connectivity index (χ2v) is 1.55. The largest absolute Gasteiger partial charge is 0.299 e. The molecule has 0 saturated carbocycles. The summed E-state index contributed by atoms with van der Waals surface area (Å²) in [4.78, 5) is 9.74. The minimum atomic E-state index is 0.717. The number of terminal acetylenes is 1. The molecule has 0 N–H and O–H groups in total. The van der Waals surface area contributed by atoms with Gasteiger partial charge in [-0.1, -0.05) is 12.0 Å². The van der Waals surface area contributed by atoms with E-state index in [1.807, 2.05) is 0 Å². The third-order valence-electron chi connectivity index (χ3n) is 0.811. The van der Waals surface area contributed by atoms with Gasteiger partial charge in [0.05, 0.1) is 0 Å². The molecule has 0 radical (unpaired) electrons. The van der Waals surface area contributed by atoms with E-state index in [-0.39, 0.29) is 0 Å². The van der Waals surface area contributed by atoms with Crippen molar-refractivity contribution >= 4 is 6.29 Å². The van der Waals surface area contributed by atoms with E-state index in [2.05, 4.69) is 17.8 Å². The number of hydrogen-bond donors (Lipinski definition) is 0. The fraction of sp³-hybridized carbons (Fsp3) is 0.222. The molecule has 0 aliphatic rings. The van der Waals surface area contributed by atoms with E-state index in [1.54, 1.807) is 6.08 Å². The Morgan fingerprint density at radius 2 is 2.30 bits per heavy atom. The van der Waals surface area contributed by atoms with Crippen LogP contribution in [0.4, 0.5) is 0 Å². The fourth-order valence-corrected chi connectivity index (χ4v) is 0.421. The Kier molecular flexibility index (Phi) is 6.42. The molecule has 0 aliphatic carbocycles. The normalized spacial score (nSPS) is 7.90. The lowest BCUT2D eigenvalue weighted by molar-refractivity contribution is -0.104. The maximum atomic E-state index is 9.74. The Labute approximate surface area is 61.1 Å². The van der Waals surface area contributed by atoms with Crippen molar-refractivity contribution in [2.24, 2.45) is 0 Å². The molecule has 0 amide bonds. The van der Waals surface area contributed by atoms with Gasteiger partial charge < -0.3 is 0 Å². The average molecular weight is 132 g/mol. The first-order chi connectivity index (χ1) is 4.91. The van der Waals surface area contributed by atoms with Gasteiger partial charge in [0.2, 0.25) is 0 Å². The van der Waals surface area contributed by atoms with Crippen LogP contribution in [0.5, 0.6) is 0 Å². The van der Waals surface area contributed by atoms with Gasteiger partial charge in [0.1, 0.15) is 6.29 Å². The summed E-state index contributed by atoms with van der Waals surface area (Å²) in [7, 11) is 0. The van der Waals surface area contributed by atoms with Crippen LogP contribution in [0.2, 0.25) is 0 Å². The van der Waals surface area contributed by atoms with Crippen LogP contribution in [-0.2, 0) is 4.79 Å². The molecule has 0 fully saturated rings. The van der Waals surface area contributed by atoms with E-state index >= 15 is 0 Å². The summed E-state index contributed by atoms with van der Waals surface area (Å²) in [5.74, 6) is 7.43. The highest BCUT2D eigenvalue weighted by Crippen LogP contribution is 1.86. The highest BCUT2D eigenvalue weighted by molar-refractivity contribution is 5.64. The molecule has 0 unspecified atom stereocenters. The third kappa shape index (κ3) is 6.53. The van der Waals surface area contributed by atoms with E-state index in [9.17, 15) is 4.79 Å². The van der Waals surface area contributed by atoms with E-state index in [1.165, 1.54) is 6.08 Å². The molecule has 0 bridgehead atoms. The van der Waals surface area contributed by atoms with Crippen molar-refractivity contribution in [2.45, 2.75) is 12.8 Å². The summed E-state index contributed by atoms with van der Waals surface area (Å²) in [5.41, 5.74) is 0. The molecule has 0 aromatic rings. The maximum absolute atomic E-state index is 9.74. The number of allylic oxidation sites excluding steroid dienone is 2. The summed E-state index contributed by atoms with van der Waals surface area (Å²) in [6.45, 7) is 0. The summed E-state index contributed by atoms with van der Waals surface area (Å²) in [6, 6.07) is 0. The number of carbonyl (C=O) groups excluding carboxylic acids is 1. The SMILES string of the molecule is C#CC#CCC/C=C/C=O. The Morgan fingerprint density at radius 3 is 2.90 bits per heavy atom. The monoisotopic (exact) mass is 132 g/mol. The molecule has 0 rings (SSSR count). The molecule has 0 heterocycles. The average Bonchev–Trinajstić information content (AvgIpc) is 1.97. The molecule has 1 heteroatoms. The minimum Gasteiger partial charge on any atom is -0.299 e. The van der Waals surface area contributed by atoms with Crippen molar-refractivity contribution < 1.29 is 4.79 Å². The summed E-state index contributed by atoms with van der Waals surface area (Å²) >= 11 is 0. The van der Waals surface area contributed by atoms with E-state index in [0.29, 0.717) is 6.42 Å². The molecule has 1 nitrogen and oxygen atoms in total. The quantitative estimate of drug-likeness (QED) is 0.244. The second kappa shape index (κ2) is 7.53. The number of rotatable bonds is 3. The number of unbranched alkanes of at least 4 members (excludes halogenated alkanes) is 1. The maximum Gasteiger partial charge on any atom is 0.142 e. The Bertz CT molecular complexity index is 207. The molecule has 0 saturated heterocycles. The van der Waals surface area contributed by atoms with Crippen LogP contribution in [0.15, 0.2) is 12.2 Å². The zero-order chi connectivity index (χ0) is 7.66. The van der Waals surface area contributed by atoms with Crippen molar-refractivity contribution in [1.82, 2.24) is 0 Å². The standard InChI is InChI=1S/C9H8O/c1-2-3-4-5-6-7-8-9-10/h1,7-9H,5-6H2/b8-7+. The Hall–Kier alpha value is -1.47. The molecule has 0 spiro atoms. The molecule has 50 valence electrons. The van der Waals surface area contributed by atoms with Crippen LogP contribution >= 0.6 is 0 Å². The van der Waals surface area contributed by atoms with Crippen molar-refractivity contribution in [2.75, 3.05) is 0 Å². The van der Waals surface area contributed by atoms with Gasteiger partial charge in [-0.05, 0) is 24.3 Å². The Morgan fingerprint density at radius 1 is 1.50 bits per heavy atom. The number of carbonyl (C=O) groups is 1. The van der Waals surface area contributed by atoms with Gasteiger partial charge in [-0.3, -0.25) is 4.79 Å². The topological polar surface area (TPSA) is 17.1 Å². The molecule has 0 aliphatic heterocycles. The summed E-state index contributed by atoms with van der Waals surface area (Å²) in [6.07, 6.45) is 10.3. The zero-order valence-corrected chi connectivity index (χ0v) is 5.63. The second-order valence-electron chi connectivity index (χ2n) is 1.55. The molecular formula is C9H8O. The fourth-order valence-electron chi connectivity index (χ4n) is 0.421. The molecular weight excluding hydrogens is 124 g/mol. The molecule has 0 aromatic carbocycles. The van der Waals surface area contributed by atoms with Crippen LogP contribution < -0.4 is 0 Å². The van der Waals surface area contributed by atoms with E-state index in [0.717, 1.165) is 12.7 Å². The van der Waals surface area contributed by atoms with Crippen LogP contribution in [0.3, 0.4) is 0 Å². The van der Waals surface area contributed by atoms with Gasteiger partial charge in [-0.15, -0.1) is 6.42 Å². The first-order valence-corrected chi connectivity index (χ1v) is 2.95. The predicted octanol–water partition coefficient (Wildman–Crippen LogP) is 1.16. The van der Waals surface area contributed by atoms with Gasteiger partial charge >= 0.3 is 0 Å². The first-order valence-electron chi connectivity index (χ1n) is 2.95. The van der Waals surface area contributed by atoms with Gasteiger partial charge in [-0.2, -0.15) is 0 Å². The molecule has 0 aromatic heterocycles.